The lowest BCUT2D eigenvalue weighted by Gasteiger charge is -2.27. The summed E-state index contributed by atoms with van der Waals surface area (Å²) in [6.45, 7) is 6.34. The standard InChI is InChI=1S/C15H27NO/c1-15(2,3)14(16)9-13(17)8-12-7-10-4-5-11(12)6-10/h10-12,14H,4-9,16H2,1-3H3. The summed E-state index contributed by atoms with van der Waals surface area (Å²) in [6, 6.07) is 0.00795. The molecular formula is C15H27NO. The fraction of sp³-hybridized carbons (Fsp3) is 0.933. The minimum Gasteiger partial charge on any atom is -0.327 e. The molecule has 2 heteroatoms. The van der Waals surface area contributed by atoms with Crippen molar-refractivity contribution in [3.05, 3.63) is 0 Å². The van der Waals surface area contributed by atoms with Crippen LogP contribution in [0.1, 0.15) is 59.3 Å². The third-order valence-corrected chi connectivity index (χ3v) is 4.93. The molecule has 2 N–H and O–H groups in total. The van der Waals surface area contributed by atoms with Crippen molar-refractivity contribution in [1.29, 1.82) is 0 Å². The highest BCUT2D eigenvalue weighted by atomic mass is 16.1. The Labute approximate surface area is 105 Å². The van der Waals surface area contributed by atoms with Crippen molar-refractivity contribution < 1.29 is 4.79 Å². The van der Waals surface area contributed by atoms with Crippen LogP contribution in [0.5, 0.6) is 0 Å². The molecule has 2 rings (SSSR count). The first-order chi connectivity index (χ1) is 7.86. The summed E-state index contributed by atoms with van der Waals surface area (Å²) in [5, 5.41) is 0. The van der Waals surface area contributed by atoms with E-state index in [1.54, 1.807) is 0 Å². The van der Waals surface area contributed by atoms with Crippen molar-refractivity contribution >= 4 is 5.78 Å². The lowest BCUT2D eigenvalue weighted by Crippen LogP contribution is -2.37. The SMILES string of the molecule is CC(C)(C)C(N)CC(=O)CC1CC2CCC1C2. The van der Waals surface area contributed by atoms with E-state index >= 15 is 0 Å². The number of ketones is 1. The zero-order valence-corrected chi connectivity index (χ0v) is 11.5. The van der Waals surface area contributed by atoms with Gasteiger partial charge in [0, 0.05) is 18.9 Å². The van der Waals surface area contributed by atoms with Gasteiger partial charge < -0.3 is 5.73 Å². The van der Waals surface area contributed by atoms with Crippen molar-refractivity contribution in [3.63, 3.8) is 0 Å². The molecule has 2 saturated carbocycles. The Bertz CT molecular complexity index is 292. The molecule has 0 aromatic carbocycles. The van der Waals surface area contributed by atoms with E-state index in [4.69, 9.17) is 5.73 Å². The maximum absolute atomic E-state index is 12.1. The molecule has 98 valence electrons. The van der Waals surface area contributed by atoms with Crippen LogP contribution >= 0.6 is 0 Å². The van der Waals surface area contributed by atoms with Gasteiger partial charge in [0.15, 0.2) is 0 Å². The quantitative estimate of drug-likeness (QED) is 0.816. The van der Waals surface area contributed by atoms with Gasteiger partial charge in [-0.2, -0.15) is 0 Å². The van der Waals surface area contributed by atoms with Gasteiger partial charge in [0.2, 0.25) is 0 Å². The van der Waals surface area contributed by atoms with E-state index in [2.05, 4.69) is 20.8 Å². The third-order valence-electron chi connectivity index (χ3n) is 4.93. The van der Waals surface area contributed by atoms with Crippen LogP contribution in [0.15, 0.2) is 0 Å². The number of Topliss-reactive ketones (excluding diaryl/α,β-unsaturated/α-hetero) is 1. The highest BCUT2D eigenvalue weighted by molar-refractivity contribution is 5.79. The van der Waals surface area contributed by atoms with Crippen LogP contribution in [0.2, 0.25) is 0 Å². The van der Waals surface area contributed by atoms with Crippen LogP contribution in [-0.4, -0.2) is 11.8 Å². The van der Waals surface area contributed by atoms with E-state index < -0.39 is 0 Å². The molecule has 2 aliphatic rings. The van der Waals surface area contributed by atoms with E-state index in [-0.39, 0.29) is 11.5 Å². The summed E-state index contributed by atoms with van der Waals surface area (Å²) in [5.41, 5.74) is 6.13. The van der Waals surface area contributed by atoms with E-state index in [9.17, 15) is 4.79 Å². The molecule has 4 atom stereocenters. The number of carbonyl (C=O) groups is 1. The van der Waals surface area contributed by atoms with Gasteiger partial charge in [0.25, 0.3) is 0 Å². The van der Waals surface area contributed by atoms with E-state index in [1.807, 2.05) is 0 Å². The van der Waals surface area contributed by atoms with Crippen LogP contribution in [0, 0.1) is 23.2 Å². The first-order valence-electron chi connectivity index (χ1n) is 7.13. The fourth-order valence-corrected chi connectivity index (χ4v) is 3.55. The van der Waals surface area contributed by atoms with Gasteiger partial charge in [0.1, 0.15) is 5.78 Å². The molecule has 0 aromatic heterocycles. The van der Waals surface area contributed by atoms with Crippen molar-refractivity contribution in [2.45, 2.75) is 65.3 Å². The number of fused-ring (bicyclic) bond motifs is 2. The summed E-state index contributed by atoms with van der Waals surface area (Å²) in [6.07, 6.45) is 6.84. The molecule has 2 bridgehead atoms. The summed E-state index contributed by atoms with van der Waals surface area (Å²) >= 11 is 0. The number of hydrogen-bond acceptors (Lipinski definition) is 2. The number of hydrogen-bond donors (Lipinski definition) is 1. The normalized spacial score (nSPS) is 34.0. The zero-order valence-electron chi connectivity index (χ0n) is 11.5. The van der Waals surface area contributed by atoms with Crippen molar-refractivity contribution in [2.24, 2.45) is 28.9 Å². The van der Waals surface area contributed by atoms with Gasteiger partial charge >= 0.3 is 0 Å². The average molecular weight is 237 g/mol. The monoisotopic (exact) mass is 237 g/mol. The molecule has 0 saturated heterocycles. The first kappa shape index (κ1) is 13.1. The first-order valence-corrected chi connectivity index (χ1v) is 7.13. The zero-order chi connectivity index (χ0) is 12.6. The Balaban J connectivity index is 1.78. The average Bonchev–Trinajstić information content (AvgIpc) is 2.77. The molecule has 0 radical (unpaired) electrons. The second-order valence-electron chi connectivity index (χ2n) is 7.35. The molecule has 0 aromatic rings. The van der Waals surface area contributed by atoms with Crippen molar-refractivity contribution in [1.82, 2.24) is 0 Å². The second kappa shape index (κ2) is 4.72. The van der Waals surface area contributed by atoms with Crippen LogP contribution in [0.4, 0.5) is 0 Å². The van der Waals surface area contributed by atoms with E-state index in [1.165, 1.54) is 25.7 Å². The molecule has 0 amide bonds. The van der Waals surface area contributed by atoms with Crippen molar-refractivity contribution in [2.75, 3.05) is 0 Å². The number of carbonyl (C=O) groups excluding carboxylic acids is 1. The molecule has 17 heavy (non-hydrogen) atoms. The predicted octanol–water partition coefficient (Wildman–Crippen LogP) is 3.15. The summed E-state index contributed by atoms with van der Waals surface area (Å²) in [7, 11) is 0. The molecule has 0 aliphatic heterocycles. The second-order valence-corrected chi connectivity index (χ2v) is 7.35. The van der Waals surface area contributed by atoms with Gasteiger partial charge in [-0.1, -0.05) is 27.2 Å². The Morgan fingerprint density at radius 2 is 2.00 bits per heavy atom. The largest absolute Gasteiger partial charge is 0.327 e. The molecule has 0 spiro atoms. The molecule has 4 unspecified atom stereocenters. The van der Waals surface area contributed by atoms with Gasteiger partial charge in [-0.3, -0.25) is 4.79 Å². The van der Waals surface area contributed by atoms with Crippen LogP contribution in [0.25, 0.3) is 0 Å². The molecule has 2 aliphatic carbocycles. The lowest BCUT2D eigenvalue weighted by atomic mass is 9.81. The smallest absolute Gasteiger partial charge is 0.134 e. The van der Waals surface area contributed by atoms with E-state index in [0.717, 1.165) is 18.3 Å². The van der Waals surface area contributed by atoms with Crippen LogP contribution < -0.4 is 5.73 Å². The molecule has 2 fully saturated rings. The minimum absolute atomic E-state index is 0.00795. The van der Waals surface area contributed by atoms with Crippen molar-refractivity contribution in [3.8, 4) is 0 Å². The number of rotatable bonds is 4. The molecule has 2 nitrogen and oxygen atoms in total. The Hall–Kier alpha value is -0.370. The lowest BCUT2D eigenvalue weighted by molar-refractivity contribution is -0.121. The van der Waals surface area contributed by atoms with Crippen LogP contribution in [-0.2, 0) is 4.79 Å². The fourth-order valence-electron chi connectivity index (χ4n) is 3.55. The summed E-state index contributed by atoms with van der Waals surface area (Å²) in [4.78, 5) is 12.1. The van der Waals surface area contributed by atoms with Gasteiger partial charge in [-0.25, -0.2) is 0 Å². The summed E-state index contributed by atoms with van der Waals surface area (Å²) < 4.78 is 0. The Morgan fingerprint density at radius 1 is 1.29 bits per heavy atom. The molecular weight excluding hydrogens is 210 g/mol. The van der Waals surface area contributed by atoms with Crippen LogP contribution in [0.3, 0.4) is 0 Å². The predicted molar refractivity (Wildman–Crippen MR) is 70.6 cm³/mol. The van der Waals surface area contributed by atoms with E-state index in [0.29, 0.717) is 18.1 Å². The highest BCUT2D eigenvalue weighted by Crippen LogP contribution is 2.49. The minimum atomic E-state index is 0.00795. The summed E-state index contributed by atoms with van der Waals surface area (Å²) in [5.74, 6) is 2.88. The third kappa shape index (κ3) is 3.09. The Morgan fingerprint density at radius 3 is 2.47 bits per heavy atom. The maximum atomic E-state index is 12.1. The topological polar surface area (TPSA) is 43.1 Å². The van der Waals surface area contributed by atoms with Gasteiger partial charge in [-0.05, 0) is 42.4 Å². The molecule has 0 heterocycles. The number of nitrogens with two attached hydrogens (primary N) is 1. The highest BCUT2D eigenvalue weighted by Gasteiger charge is 2.40. The maximum Gasteiger partial charge on any atom is 0.134 e. The van der Waals surface area contributed by atoms with Gasteiger partial charge in [-0.15, -0.1) is 0 Å². The van der Waals surface area contributed by atoms with Gasteiger partial charge in [0.05, 0.1) is 0 Å². The Kier molecular flexibility index (Phi) is 3.63.